The Morgan fingerprint density at radius 2 is 1.75 bits per heavy atom. The number of nitrogens with two attached hydrogens (primary N) is 1. The van der Waals surface area contributed by atoms with E-state index in [-0.39, 0.29) is 11.5 Å². The Balaban J connectivity index is 2.86. The molecule has 0 aromatic heterocycles. The molecule has 0 radical (unpaired) electrons. The van der Waals surface area contributed by atoms with Crippen molar-refractivity contribution in [3.8, 4) is 5.75 Å². The van der Waals surface area contributed by atoms with Crippen molar-refractivity contribution in [2.75, 3.05) is 0 Å². The van der Waals surface area contributed by atoms with Gasteiger partial charge in [0.1, 0.15) is 17.9 Å². The van der Waals surface area contributed by atoms with Gasteiger partial charge in [0.15, 0.2) is 5.78 Å². The molecule has 0 bridgehead atoms. The van der Waals surface area contributed by atoms with Crippen molar-refractivity contribution in [3.63, 3.8) is 0 Å². The summed E-state index contributed by atoms with van der Waals surface area (Å²) >= 11 is 0. The minimum atomic E-state index is -1.46. The largest absolute Gasteiger partial charge is 0.488 e. The van der Waals surface area contributed by atoms with Gasteiger partial charge in [-0.05, 0) is 31.2 Å². The Morgan fingerprint density at radius 1 is 1.20 bits per heavy atom. The number of carboxylic acid groups (broad SMARTS) is 2. The molecular weight excluding hydrogens is 266 g/mol. The molecule has 1 rings (SSSR count). The number of hydrogen-bond acceptors (Lipinski definition) is 5. The second kappa shape index (κ2) is 6.67. The number of carbonyl (C=O) groups is 3. The monoisotopic (exact) mass is 281 g/mol. The molecule has 7 nitrogen and oxygen atoms in total. The summed E-state index contributed by atoms with van der Waals surface area (Å²) in [6.45, 7) is 1.41. The Labute approximate surface area is 115 Å². The highest BCUT2D eigenvalue weighted by atomic mass is 16.5. The first-order valence-electron chi connectivity index (χ1n) is 5.79. The van der Waals surface area contributed by atoms with Crippen LogP contribution < -0.4 is 10.5 Å². The molecule has 108 valence electrons. The fourth-order valence-electron chi connectivity index (χ4n) is 1.52. The van der Waals surface area contributed by atoms with Crippen molar-refractivity contribution in [1.29, 1.82) is 0 Å². The predicted octanol–water partition coefficient (Wildman–Crippen LogP) is 0.523. The van der Waals surface area contributed by atoms with Gasteiger partial charge in [0, 0.05) is 5.56 Å². The van der Waals surface area contributed by atoms with Crippen LogP contribution in [0.2, 0.25) is 0 Å². The van der Waals surface area contributed by atoms with E-state index in [9.17, 15) is 14.4 Å². The first kappa shape index (κ1) is 15.6. The normalized spacial score (nSPS) is 13.3. The fourth-order valence-corrected chi connectivity index (χ4v) is 1.52. The zero-order valence-electron chi connectivity index (χ0n) is 10.8. The number of ether oxygens (including phenoxy) is 1. The maximum Gasteiger partial charge on any atom is 0.324 e. The topological polar surface area (TPSA) is 127 Å². The lowest BCUT2D eigenvalue weighted by Crippen LogP contribution is -2.46. The van der Waals surface area contributed by atoms with E-state index in [0.29, 0.717) is 5.56 Å². The standard InChI is InChI=1S/C13H15NO6/c1-7(15)8-2-4-9(5-3-8)20-10(6-11(16)17)12(14)13(18)19/h2-5,10,12H,6,14H2,1H3,(H,16,17)(H,18,19)/t10?,12-/m0/s1. The molecule has 20 heavy (non-hydrogen) atoms. The smallest absolute Gasteiger partial charge is 0.324 e. The molecule has 0 aliphatic rings. The summed E-state index contributed by atoms with van der Waals surface area (Å²) in [5, 5.41) is 17.6. The van der Waals surface area contributed by atoms with Crippen molar-refractivity contribution in [3.05, 3.63) is 29.8 Å². The molecule has 4 N–H and O–H groups in total. The lowest BCUT2D eigenvalue weighted by atomic mass is 10.1. The second-order valence-corrected chi connectivity index (χ2v) is 4.20. The van der Waals surface area contributed by atoms with E-state index in [1.54, 1.807) is 0 Å². The molecule has 1 aromatic carbocycles. The van der Waals surface area contributed by atoms with Gasteiger partial charge in [-0.25, -0.2) is 0 Å². The van der Waals surface area contributed by atoms with Crippen molar-refractivity contribution in [2.45, 2.75) is 25.5 Å². The number of carboxylic acids is 2. The number of hydrogen-bond donors (Lipinski definition) is 3. The van der Waals surface area contributed by atoms with Crippen molar-refractivity contribution in [2.24, 2.45) is 5.73 Å². The minimum Gasteiger partial charge on any atom is -0.488 e. The number of carbonyl (C=O) groups excluding carboxylic acids is 1. The van der Waals surface area contributed by atoms with E-state index in [4.69, 9.17) is 20.7 Å². The maximum absolute atomic E-state index is 11.1. The van der Waals surface area contributed by atoms with Gasteiger partial charge in [-0.2, -0.15) is 0 Å². The number of Topliss-reactive ketones (excluding diaryl/α,β-unsaturated/α-hetero) is 1. The number of benzene rings is 1. The highest BCUT2D eigenvalue weighted by Crippen LogP contribution is 2.16. The van der Waals surface area contributed by atoms with Crippen LogP contribution in [0.15, 0.2) is 24.3 Å². The summed E-state index contributed by atoms with van der Waals surface area (Å²) < 4.78 is 5.29. The van der Waals surface area contributed by atoms with Crippen LogP contribution in [0.3, 0.4) is 0 Å². The molecule has 0 saturated heterocycles. The van der Waals surface area contributed by atoms with E-state index in [1.165, 1.54) is 31.2 Å². The Kier molecular flexibility index (Phi) is 5.22. The van der Waals surface area contributed by atoms with Gasteiger partial charge in [0.25, 0.3) is 0 Å². The number of rotatable bonds is 7. The summed E-state index contributed by atoms with van der Waals surface area (Å²) in [4.78, 5) is 32.6. The van der Waals surface area contributed by atoms with Crippen LogP contribution in [-0.2, 0) is 9.59 Å². The molecule has 0 heterocycles. The van der Waals surface area contributed by atoms with Crippen LogP contribution in [0.5, 0.6) is 5.75 Å². The van der Waals surface area contributed by atoms with Gasteiger partial charge < -0.3 is 20.7 Å². The van der Waals surface area contributed by atoms with Gasteiger partial charge >= 0.3 is 11.9 Å². The molecule has 7 heteroatoms. The summed E-state index contributed by atoms with van der Waals surface area (Å²) in [7, 11) is 0. The van der Waals surface area contributed by atoms with Gasteiger partial charge in [-0.3, -0.25) is 14.4 Å². The molecule has 0 aliphatic heterocycles. The van der Waals surface area contributed by atoms with E-state index < -0.39 is 30.5 Å². The Morgan fingerprint density at radius 3 is 2.15 bits per heavy atom. The molecule has 1 unspecified atom stereocenters. The summed E-state index contributed by atoms with van der Waals surface area (Å²) in [5.41, 5.74) is 5.86. The summed E-state index contributed by atoms with van der Waals surface area (Å²) in [6.07, 6.45) is -1.74. The minimum absolute atomic E-state index is 0.124. The maximum atomic E-state index is 11.1. The van der Waals surface area contributed by atoms with Gasteiger partial charge in [-0.15, -0.1) is 0 Å². The molecular formula is C13H15NO6. The fraction of sp³-hybridized carbons (Fsp3) is 0.308. The molecule has 2 atom stereocenters. The van der Waals surface area contributed by atoms with E-state index in [1.807, 2.05) is 0 Å². The van der Waals surface area contributed by atoms with Crippen LogP contribution in [-0.4, -0.2) is 40.1 Å². The average molecular weight is 281 g/mol. The van der Waals surface area contributed by atoms with Crippen LogP contribution in [0.4, 0.5) is 0 Å². The predicted molar refractivity (Wildman–Crippen MR) is 68.7 cm³/mol. The highest BCUT2D eigenvalue weighted by molar-refractivity contribution is 5.94. The van der Waals surface area contributed by atoms with Gasteiger partial charge in [0.05, 0.1) is 6.42 Å². The van der Waals surface area contributed by atoms with Gasteiger partial charge in [-0.1, -0.05) is 0 Å². The molecule has 1 aromatic rings. The number of ketones is 1. The molecule has 0 amide bonds. The van der Waals surface area contributed by atoms with E-state index in [0.717, 1.165) is 0 Å². The van der Waals surface area contributed by atoms with E-state index >= 15 is 0 Å². The first-order chi connectivity index (χ1) is 9.31. The molecule has 0 saturated carbocycles. The van der Waals surface area contributed by atoms with Crippen molar-refractivity contribution < 1.29 is 29.3 Å². The van der Waals surface area contributed by atoms with Crippen LogP contribution in [0, 0.1) is 0 Å². The summed E-state index contributed by atoms with van der Waals surface area (Å²) in [5.74, 6) is -2.44. The Bertz CT molecular complexity index is 510. The lowest BCUT2D eigenvalue weighted by Gasteiger charge is -2.20. The second-order valence-electron chi connectivity index (χ2n) is 4.20. The summed E-state index contributed by atoms with van der Waals surface area (Å²) in [6, 6.07) is 4.46. The molecule has 0 fully saturated rings. The van der Waals surface area contributed by atoms with Crippen molar-refractivity contribution in [1.82, 2.24) is 0 Å². The van der Waals surface area contributed by atoms with E-state index in [2.05, 4.69) is 0 Å². The van der Waals surface area contributed by atoms with Crippen LogP contribution >= 0.6 is 0 Å². The average Bonchev–Trinajstić information content (AvgIpc) is 2.37. The van der Waals surface area contributed by atoms with Crippen LogP contribution in [0.1, 0.15) is 23.7 Å². The lowest BCUT2D eigenvalue weighted by molar-refractivity contribution is -0.143. The highest BCUT2D eigenvalue weighted by Gasteiger charge is 2.28. The molecule has 0 spiro atoms. The third-order valence-electron chi connectivity index (χ3n) is 2.61. The molecule has 0 aliphatic carbocycles. The van der Waals surface area contributed by atoms with Crippen LogP contribution in [0.25, 0.3) is 0 Å². The SMILES string of the molecule is CC(=O)c1ccc(OC(CC(=O)O)[C@H](N)C(=O)O)cc1. The van der Waals surface area contributed by atoms with Crippen molar-refractivity contribution >= 4 is 17.7 Å². The first-order valence-corrected chi connectivity index (χ1v) is 5.79. The third-order valence-corrected chi connectivity index (χ3v) is 2.61. The quantitative estimate of drug-likeness (QED) is 0.622. The zero-order valence-corrected chi connectivity index (χ0v) is 10.8. The third kappa shape index (κ3) is 4.36. The number of aliphatic carboxylic acids is 2. The zero-order chi connectivity index (χ0) is 15.3. The Hall–Kier alpha value is -2.41. The van der Waals surface area contributed by atoms with Gasteiger partial charge in [0.2, 0.25) is 0 Å².